The van der Waals surface area contributed by atoms with Gasteiger partial charge in [0, 0.05) is 11.6 Å². The smallest absolute Gasteiger partial charge is 0.124 e. The first kappa shape index (κ1) is 13.4. The molecule has 1 aromatic carbocycles. The molecule has 1 aromatic rings. The van der Waals surface area contributed by atoms with Gasteiger partial charge in [-0.25, -0.2) is 0 Å². The van der Waals surface area contributed by atoms with Crippen LogP contribution in [0, 0.1) is 19.8 Å². The van der Waals surface area contributed by atoms with Crippen LogP contribution in [0.5, 0.6) is 5.75 Å². The first-order chi connectivity index (χ1) is 8.61. The predicted molar refractivity (Wildman–Crippen MR) is 75.0 cm³/mol. The lowest BCUT2D eigenvalue weighted by molar-refractivity contribution is 0.395. The molecule has 0 aliphatic carbocycles. The van der Waals surface area contributed by atoms with E-state index >= 15 is 0 Å². The lowest BCUT2D eigenvalue weighted by Crippen LogP contribution is -2.19. The Kier molecular flexibility index (Phi) is 4.25. The molecule has 2 atom stereocenters. The van der Waals surface area contributed by atoms with Crippen LogP contribution in [0.15, 0.2) is 12.1 Å². The molecule has 3 nitrogen and oxygen atoms in total. The van der Waals surface area contributed by atoms with Crippen LogP contribution in [0.4, 0.5) is 0 Å². The van der Waals surface area contributed by atoms with Crippen LogP contribution >= 0.6 is 0 Å². The Balaban J connectivity index is 2.20. The van der Waals surface area contributed by atoms with Crippen molar-refractivity contribution in [3.05, 3.63) is 28.8 Å². The standard InChI is InChI=1S/C15H24N2O/c1-10-6-11(2)15(14(7-10)18-3)13(16)8-12-4-5-17-9-12/h6-7,12-13,17H,4-5,8-9,16H2,1-3H3. The molecular weight excluding hydrogens is 224 g/mol. The molecule has 0 amide bonds. The number of aryl methyl sites for hydroxylation is 2. The highest BCUT2D eigenvalue weighted by Gasteiger charge is 2.22. The molecule has 1 fully saturated rings. The molecule has 1 aliphatic rings. The second kappa shape index (κ2) is 5.72. The Hall–Kier alpha value is -1.06. The van der Waals surface area contributed by atoms with E-state index in [1.165, 1.54) is 23.1 Å². The molecule has 0 bridgehead atoms. The number of rotatable bonds is 4. The van der Waals surface area contributed by atoms with Crippen LogP contribution in [0.25, 0.3) is 0 Å². The Morgan fingerprint density at radius 3 is 2.83 bits per heavy atom. The van der Waals surface area contributed by atoms with Gasteiger partial charge in [-0.15, -0.1) is 0 Å². The van der Waals surface area contributed by atoms with E-state index in [-0.39, 0.29) is 6.04 Å². The second-order valence-corrected chi connectivity index (χ2v) is 5.40. The summed E-state index contributed by atoms with van der Waals surface area (Å²) in [6.45, 7) is 6.44. The van der Waals surface area contributed by atoms with Gasteiger partial charge < -0.3 is 15.8 Å². The fourth-order valence-electron chi connectivity index (χ4n) is 2.98. The van der Waals surface area contributed by atoms with Crippen molar-refractivity contribution in [2.24, 2.45) is 11.7 Å². The van der Waals surface area contributed by atoms with Crippen LogP contribution in [-0.4, -0.2) is 20.2 Å². The van der Waals surface area contributed by atoms with Gasteiger partial charge in [-0.05, 0) is 62.9 Å². The van der Waals surface area contributed by atoms with Crippen molar-refractivity contribution < 1.29 is 4.74 Å². The monoisotopic (exact) mass is 248 g/mol. The van der Waals surface area contributed by atoms with E-state index in [1.807, 2.05) is 0 Å². The summed E-state index contributed by atoms with van der Waals surface area (Å²) in [6.07, 6.45) is 2.27. The van der Waals surface area contributed by atoms with Gasteiger partial charge in [0.25, 0.3) is 0 Å². The average Bonchev–Trinajstić information content (AvgIpc) is 2.80. The minimum atomic E-state index is 0.0745. The highest BCUT2D eigenvalue weighted by atomic mass is 16.5. The largest absolute Gasteiger partial charge is 0.496 e. The quantitative estimate of drug-likeness (QED) is 0.859. The maximum atomic E-state index is 6.39. The van der Waals surface area contributed by atoms with E-state index in [4.69, 9.17) is 10.5 Å². The fourth-order valence-corrected chi connectivity index (χ4v) is 2.98. The zero-order valence-electron chi connectivity index (χ0n) is 11.6. The number of hydrogen-bond acceptors (Lipinski definition) is 3. The number of hydrogen-bond donors (Lipinski definition) is 2. The molecule has 1 heterocycles. The van der Waals surface area contributed by atoms with E-state index in [0.29, 0.717) is 5.92 Å². The zero-order valence-corrected chi connectivity index (χ0v) is 11.6. The summed E-state index contributed by atoms with van der Waals surface area (Å²) in [4.78, 5) is 0. The van der Waals surface area contributed by atoms with Gasteiger partial charge in [-0.3, -0.25) is 0 Å². The molecule has 0 saturated carbocycles. The molecule has 0 radical (unpaired) electrons. The summed E-state index contributed by atoms with van der Waals surface area (Å²) in [6, 6.07) is 4.34. The highest BCUT2D eigenvalue weighted by molar-refractivity contribution is 5.44. The predicted octanol–water partition coefficient (Wildman–Crippen LogP) is 2.31. The van der Waals surface area contributed by atoms with Crippen molar-refractivity contribution in [3.63, 3.8) is 0 Å². The molecule has 3 N–H and O–H groups in total. The van der Waals surface area contributed by atoms with Gasteiger partial charge in [-0.1, -0.05) is 6.07 Å². The van der Waals surface area contributed by atoms with Gasteiger partial charge in [0.2, 0.25) is 0 Å². The zero-order chi connectivity index (χ0) is 13.1. The molecular formula is C15H24N2O. The van der Waals surface area contributed by atoms with Crippen molar-refractivity contribution in [1.82, 2.24) is 5.32 Å². The summed E-state index contributed by atoms with van der Waals surface area (Å²) in [5, 5.41) is 3.39. The van der Waals surface area contributed by atoms with Gasteiger partial charge in [0.15, 0.2) is 0 Å². The minimum absolute atomic E-state index is 0.0745. The molecule has 2 unspecified atom stereocenters. The number of nitrogens with one attached hydrogen (secondary N) is 1. The molecule has 18 heavy (non-hydrogen) atoms. The normalized spacial score (nSPS) is 21.0. The summed E-state index contributed by atoms with van der Waals surface area (Å²) in [5.41, 5.74) is 10.0. The van der Waals surface area contributed by atoms with E-state index in [9.17, 15) is 0 Å². The lowest BCUT2D eigenvalue weighted by atomic mass is 9.91. The number of nitrogens with two attached hydrogens (primary N) is 1. The first-order valence-electron chi connectivity index (χ1n) is 6.73. The maximum Gasteiger partial charge on any atom is 0.124 e. The van der Waals surface area contributed by atoms with E-state index in [0.717, 1.165) is 25.3 Å². The Morgan fingerprint density at radius 1 is 1.44 bits per heavy atom. The van der Waals surface area contributed by atoms with E-state index < -0.39 is 0 Å². The van der Waals surface area contributed by atoms with Crippen LogP contribution in [0.2, 0.25) is 0 Å². The lowest BCUT2D eigenvalue weighted by Gasteiger charge is -2.21. The van der Waals surface area contributed by atoms with Gasteiger partial charge in [0.1, 0.15) is 5.75 Å². The molecule has 100 valence electrons. The van der Waals surface area contributed by atoms with Crippen molar-refractivity contribution in [1.29, 1.82) is 0 Å². The van der Waals surface area contributed by atoms with Gasteiger partial charge in [-0.2, -0.15) is 0 Å². The van der Waals surface area contributed by atoms with Crippen molar-refractivity contribution >= 4 is 0 Å². The van der Waals surface area contributed by atoms with E-state index in [1.54, 1.807) is 7.11 Å². The Labute approximate surface area is 110 Å². The summed E-state index contributed by atoms with van der Waals surface area (Å²) < 4.78 is 5.50. The van der Waals surface area contributed by atoms with E-state index in [2.05, 4.69) is 31.3 Å². The third-order valence-corrected chi connectivity index (χ3v) is 3.83. The molecule has 1 saturated heterocycles. The summed E-state index contributed by atoms with van der Waals surface area (Å²) in [5.74, 6) is 1.64. The van der Waals surface area contributed by atoms with Gasteiger partial charge >= 0.3 is 0 Å². The van der Waals surface area contributed by atoms with Crippen molar-refractivity contribution in [3.8, 4) is 5.75 Å². The number of methoxy groups -OCH3 is 1. The maximum absolute atomic E-state index is 6.39. The summed E-state index contributed by atoms with van der Waals surface area (Å²) in [7, 11) is 1.72. The molecule has 0 aromatic heterocycles. The third-order valence-electron chi connectivity index (χ3n) is 3.83. The van der Waals surface area contributed by atoms with Crippen LogP contribution in [-0.2, 0) is 0 Å². The fraction of sp³-hybridized carbons (Fsp3) is 0.600. The average molecular weight is 248 g/mol. The number of ether oxygens (including phenoxy) is 1. The van der Waals surface area contributed by atoms with Crippen LogP contribution in [0.3, 0.4) is 0 Å². The van der Waals surface area contributed by atoms with Crippen LogP contribution < -0.4 is 15.8 Å². The third kappa shape index (κ3) is 2.85. The second-order valence-electron chi connectivity index (χ2n) is 5.40. The topological polar surface area (TPSA) is 47.3 Å². The Morgan fingerprint density at radius 2 is 2.22 bits per heavy atom. The first-order valence-corrected chi connectivity index (χ1v) is 6.73. The number of benzene rings is 1. The molecule has 1 aliphatic heterocycles. The Bertz CT molecular complexity index is 411. The summed E-state index contributed by atoms with van der Waals surface area (Å²) >= 11 is 0. The minimum Gasteiger partial charge on any atom is -0.496 e. The van der Waals surface area contributed by atoms with Crippen LogP contribution in [0.1, 0.15) is 35.6 Å². The SMILES string of the molecule is COc1cc(C)cc(C)c1C(N)CC1CCNC1. The molecule has 3 heteroatoms. The van der Waals surface area contributed by atoms with Gasteiger partial charge in [0.05, 0.1) is 7.11 Å². The van der Waals surface area contributed by atoms with Crippen molar-refractivity contribution in [2.75, 3.05) is 20.2 Å². The molecule has 0 spiro atoms. The molecule has 2 rings (SSSR count). The van der Waals surface area contributed by atoms with Crippen molar-refractivity contribution in [2.45, 2.75) is 32.7 Å². The highest BCUT2D eigenvalue weighted by Crippen LogP contribution is 2.33.